The fourth-order valence-corrected chi connectivity index (χ4v) is 21.4. The van der Waals surface area contributed by atoms with Gasteiger partial charge < -0.3 is 28.2 Å². The molecule has 24 rings (SSSR count). The molecule has 1 aliphatic carbocycles. The molecule has 12 aromatic heterocycles. The van der Waals surface area contributed by atoms with E-state index in [1.165, 1.54) is 110 Å². The van der Waals surface area contributed by atoms with Gasteiger partial charge in [-0.2, -0.15) is 10.2 Å². The summed E-state index contributed by atoms with van der Waals surface area (Å²) in [4.78, 5) is 70.0. The number of aromatic nitrogens is 23. The molecule has 1 aliphatic rings. The number of fused-ring (bicyclic) bond motifs is 5. The largest absolute Gasteiger partial charge is 0.339 e. The Morgan fingerprint density at radius 1 is 0.353 bits per heavy atom. The Bertz CT molecular complexity index is 8690. The molecule has 0 bridgehead atoms. The molecule has 23 aromatic rings. The van der Waals surface area contributed by atoms with Gasteiger partial charge >= 0.3 is 0 Å². The molecule has 1 fully saturated rings. The second-order valence-corrected chi connectivity index (χ2v) is 38.4. The van der Waals surface area contributed by atoms with Crippen LogP contribution < -0.4 is 0 Å². The van der Waals surface area contributed by atoms with E-state index < -0.39 is 0 Å². The average molecular weight is 2880 g/mol. The summed E-state index contributed by atoms with van der Waals surface area (Å²) in [6, 6.07) is 76.5. The molecule has 761 valence electrons. The Labute approximate surface area is 944 Å². The van der Waals surface area contributed by atoms with Crippen molar-refractivity contribution in [2.45, 2.75) is 156 Å². The van der Waals surface area contributed by atoms with Gasteiger partial charge in [-0.05, 0) is 236 Å². The first-order chi connectivity index (χ1) is 70.5. The molecule has 29 heteroatoms. The van der Waals surface area contributed by atoms with Gasteiger partial charge in [0.25, 0.3) is 0 Å². The van der Waals surface area contributed by atoms with Gasteiger partial charge in [0, 0.05) is 213 Å². The Morgan fingerprint density at radius 2 is 0.867 bits per heavy atom. The number of hydrogen-bond acceptors (Lipinski definition) is 19. The van der Waals surface area contributed by atoms with Crippen molar-refractivity contribution >= 4 is 66.1 Å². The van der Waals surface area contributed by atoms with Crippen molar-refractivity contribution in [2.24, 2.45) is 0 Å². The van der Waals surface area contributed by atoms with E-state index in [-0.39, 0.29) is 101 Å². The molecule has 0 unspecified atom stereocenters. The Balaban J connectivity index is 0.000000139. The maximum atomic E-state index is 4.83. The van der Waals surface area contributed by atoms with Gasteiger partial charge in [-0.1, -0.05) is 196 Å². The third-order valence-corrected chi connectivity index (χ3v) is 27.6. The van der Waals surface area contributed by atoms with Crippen LogP contribution >= 0.6 is 11.3 Å². The van der Waals surface area contributed by atoms with Gasteiger partial charge in [-0.3, -0.25) is 54.5 Å². The summed E-state index contributed by atoms with van der Waals surface area (Å²) in [5, 5.41) is 18.1. The molecular weight excluding hydrogens is 2770 g/mol. The van der Waals surface area contributed by atoms with Gasteiger partial charge in [0.05, 0.1) is 56.8 Å². The normalized spacial score (nSPS) is 11.6. The zero-order valence-electron chi connectivity index (χ0n) is 85.9. The van der Waals surface area contributed by atoms with E-state index >= 15 is 0 Å². The number of hydrogen-bond donors (Lipinski definition) is 0. The summed E-state index contributed by atoms with van der Waals surface area (Å²) < 4.78 is 10.4. The Morgan fingerprint density at radius 3 is 1.45 bits per heavy atom. The first-order valence-corrected chi connectivity index (χ1v) is 49.5. The van der Waals surface area contributed by atoms with Crippen LogP contribution in [0.4, 0.5) is 0 Å². The van der Waals surface area contributed by atoms with Crippen molar-refractivity contribution in [3.05, 3.63) is 399 Å². The van der Waals surface area contributed by atoms with Crippen LogP contribution in [0.5, 0.6) is 0 Å². The second-order valence-electron chi connectivity index (χ2n) is 37.4. The number of rotatable bonds is 14. The third kappa shape index (κ3) is 22.6. The van der Waals surface area contributed by atoms with E-state index in [4.69, 9.17) is 29.9 Å². The summed E-state index contributed by atoms with van der Waals surface area (Å²) in [6.07, 6.45) is 31.6. The summed E-state index contributed by atoms with van der Waals surface area (Å²) in [5.41, 5.74) is 41.8. The van der Waals surface area contributed by atoms with Gasteiger partial charge in [0.2, 0.25) is 0 Å². The summed E-state index contributed by atoms with van der Waals surface area (Å²) >= 11 is 1.66. The van der Waals surface area contributed by atoms with Crippen LogP contribution in [-0.2, 0) is 101 Å². The van der Waals surface area contributed by atoms with E-state index in [9.17, 15) is 0 Å². The summed E-state index contributed by atoms with van der Waals surface area (Å²) in [5.74, 6) is 4.67. The number of benzene rings is 11. The summed E-state index contributed by atoms with van der Waals surface area (Å²) in [6.45, 7) is 36.1. The monoisotopic (exact) mass is 2880 g/mol. The minimum absolute atomic E-state index is 0. The fourth-order valence-electron chi connectivity index (χ4n) is 20.8. The molecule has 5 radical (unpaired) electrons. The topological polar surface area (TPSA) is 257 Å². The smallest absolute Gasteiger partial charge is 0.127 e. The molecule has 0 saturated heterocycles. The minimum Gasteiger partial charge on any atom is -0.339 e. The van der Waals surface area contributed by atoms with Crippen molar-refractivity contribution in [3.8, 4) is 119 Å². The Kier molecular flexibility index (Phi) is 35.6. The first-order valence-electron chi connectivity index (χ1n) is 48.6. The SMILES string of the molecule is Cc1cc(C)c(-n2ccnc2-c2[c-]cc(C)c3c(-c4ccccc4)ncnc23)c(C)c1.Cc1cc(C)c(-n2ccnc2-c2[c-]ccc3nc(-c4cccs4)cnc23)c(C)c1.Cc1cc(C)c(-n2cnnc2-c2[c-]ccc3cncnc23)c(C)c1.Cc1cc(C)c(-n2ncnc2-c2[c-]ccc3nc(-c4ccccn4)cnc23)c(C)c1.Cc1cc(C2CCCCC2)cc(C)c1-n1c(C)cnc1-c1[c-]ccc2c(C)ncnc12.[Ir].[Ir].[Ir].[Ir].[Ir]. The van der Waals surface area contributed by atoms with Crippen molar-refractivity contribution in [1.29, 1.82) is 0 Å². The number of thiophene rings is 1. The number of aryl methyl sites for hydroxylation is 17. The van der Waals surface area contributed by atoms with Crippen LogP contribution in [0.3, 0.4) is 0 Å². The van der Waals surface area contributed by atoms with Crippen molar-refractivity contribution in [2.75, 3.05) is 0 Å². The maximum absolute atomic E-state index is 4.83. The molecule has 0 N–H and O–H groups in total. The molecule has 0 spiro atoms. The zero-order chi connectivity index (χ0) is 100. The molecule has 1 saturated carbocycles. The average Bonchev–Trinajstić information content (AvgIpc) is 1.38. The molecule has 12 heterocycles. The van der Waals surface area contributed by atoms with E-state index in [0.29, 0.717) is 11.7 Å². The predicted molar refractivity (Wildman–Crippen MR) is 579 cm³/mol. The number of imidazole rings is 3. The minimum atomic E-state index is 0. The van der Waals surface area contributed by atoms with Crippen LogP contribution in [0.1, 0.15) is 138 Å². The van der Waals surface area contributed by atoms with Crippen LogP contribution in [0.25, 0.3) is 173 Å². The fraction of sp³-hybridized carbons (Fsp3) is 0.190. The maximum Gasteiger partial charge on any atom is 0.127 e. The molecule has 0 amide bonds. The molecule has 0 atom stereocenters. The number of nitrogens with zero attached hydrogens (tertiary/aromatic N) is 23. The predicted octanol–water partition coefficient (Wildman–Crippen LogP) is 26.9. The molecule has 11 aromatic carbocycles. The molecule has 0 aliphatic heterocycles. The molecular formula is C121H106Ir5N23S-5. The van der Waals surface area contributed by atoms with Crippen LogP contribution in [0, 0.1) is 148 Å². The van der Waals surface area contributed by atoms with E-state index in [0.717, 1.165) is 190 Å². The van der Waals surface area contributed by atoms with Crippen LogP contribution in [0.2, 0.25) is 0 Å². The van der Waals surface area contributed by atoms with Gasteiger partial charge in [0.15, 0.2) is 0 Å². The van der Waals surface area contributed by atoms with Gasteiger partial charge in [0.1, 0.15) is 37.3 Å². The Hall–Kier alpha value is -13.9. The van der Waals surface area contributed by atoms with Gasteiger partial charge in [-0.15, -0.1) is 107 Å². The van der Waals surface area contributed by atoms with Crippen LogP contribution in [-0.4, -0.2) is 113 Å². The number of pyridine rings is 1. The zero-order valence-corrected chi connectivity index (χ0v) is 98.7. The molecule has 23 nitrogen and oxygen atoms in total. The third-order valence-electron chi connectivity index (χ3n) is 26.7. The first kappa shape index (κ1) is 110. The standard InChI is InChI=1S/C27H29N4.C27H23N4.C24H19N6.C24H19N4S.C19H16N5.5Ir/c1-17-13-22(21-9-6-5-7-10-21)14-18(2)26(17)31-19(3)15-28-27(31)24-12-8-11-23-20(4)29-16-30-25(23)24;1-17-14-19(3)26(20(4)15-17)31-13-12-28-27(31)22-11-10-18(2)23-24(29-16-30-25(22)23)21-8-6-5-7-9-21;1-15-11-16(2)23(17(3)12-15)30-24(27-14-28-30)18-7-6-9-20-22(18)26-13-21(29-20)19-8-4-5-10-25-19;1-15-12-16(2)23(17(3)13-15)28-10-9-25-24(28)18-6-4-7-19-22(18)26-14-20(27-19)21-8-5-11-29-21;1-12-7-13(2)18(14(3)8-12)24-11-22-23-19(24)16-6-4-5-15-9-20-10-21-17(15)16;;;;;/h8,11,13-16,21H,5-7,9-10H2,1-4H3;5-10,12-16H,1-4H3;4-6,8-14H,1-3H3;4-5,7-14H,1-3H3;4-5,7-11H,1-3H3;;;;;/q5*-1;;;;;. The quantitative estimate of drug-likeness (QED) is 0.0917. The van der Waals surface area contributed by atoms with Crippen LogP contribution in [0.15, 0.2) is 269 Å². The summed E-state index contributed by atoms with van der Waals surface area (Å²) in [7, 11) is 0. The van der Waals surface area contributed by atoms with E-state index in [1.54, 1.807) is 61.6 Å². The van der Waals surface area contributed by atoms with Crippen molar-refractivity contribution in [3.63, 3.8) is 0 Å². The molecule has 150 heavy (non-hydrogen) atoms. The second kappa shape index (κ2) is 48.4. The van der Waals surface area contributed by atoms with Crippen molar-refractivity contribution in [1.82, 2.24) is 113 Å². The van der Waals surface area contributed by atoms with E-state index in [2.05, 4.69) is 299 Å². The van der Waals surface area contributed by atoms with E-state index in [1.807, 2.05) is 150 Å². The van der Waals surface area contributed by atoms with Crippen molar-refractivity contribution < 1.29 is 101 Å². The van der Waals surface area contributed by atoms with Gasteiger partial charge in [-0.25, -0.2) is 15.0 Å².